The molecule has 164 valence electrons. The summed E-state index contributed by atoms with van der Waals surface area (Å²) in [4.78, 5) is 7.10. The van der Waals surface area contributed by atoms with E-state index >= 15 is 0 Å². The number of halogens is 1. The summed E-state index contributed by atoms with van der Waals surface area (Å²) < 4.78 is 15.5. The molecule has 1 saturated heterocycles. The van der Waals surface area contributed by atoms with Gasteiger partial charge in [-0.1, -0.05) is 13.3 Å². The van der Waals surface area contributed by atoms with Crippen LogP contribution < -0.4 is 15.5 Å². The first-order chi connectivity index (χ1) is 14.5. The predicted octanol–water partition coefficient (Wildman–Crippen LogP) is 3.08. The van der Waals surface area contributed by atoms with Crippen LogP contribution in [0.4, 0.5) is 10.1 Å². The van der Waals surface area contributed by atoms with E-state index in [1.165, 1.54) is 0 Å². The lowest BCUT2D eigenvalue weighted by Gasteiger charge is -2.36. The second-order valence-corrected chi connectivity index (χ2v) is 8.03. The Balaban J connectivity index is 1.67. The monoisotopic (exact) mass is 415 g/mol. The van der Waals surface area contributed by atoms with Crippen molar-refractivity contribution in [3.05, 3.63) is 41.2 Å². The summed E-state index contributed by atoms with van der Waals surface area (Å²) in [6, 6.07) is 5.31. The fourth-order valence-corrected chi connectivity index (χ4v) is 3.76. The Morgan fingerprint density at radius 3 is 2.83 bits per heavy atom. The molecule has 2 N–H and O–H groups in total. The minimum absolute atomic E-state index is 0.184. The van der Waals surface area contributed by atoms with Crippen LogP contribution in [0.3, 0.4) is 0 Å². The van der Waals surface area contributed by atoms with Gasteiger partial charge in [-0.15, -0.1) is 10.2 Å². The van der Waals surface area contributed by atoms with Gasteiger partial charge in [0.15, 0.2) is 11.8 Å². The van der Waals surface area contributed by atoms with Crippen LogP contribution in [-0.2, 0) is 13.6 Å². The molecule has 1 fully saturated rings. The maximum atomic E-state index is 13.5. The number of aliphatic imine (C=N–C) groups is 1. The number of unbranched alkanes of at least 4 members (excludes halogenated alkanes) is 1. The number of hydrogen-bond donors (Lipinski definition) is 2. The lowest BCUT2D eigenvalue weighted by molar-refractivity contribution is 0.466. The normalized spacial score (nSPS) is 17.3. The number of piperidine rings is 1. The fourth-order valence-electron chi connectivity index (χ4n) is 3.76. The van der Waals surface area contributed by atoms with Gasteiger partial charge in [0.1, 0.15) is 18.2 Å². The minimum Gasteiger partial charge on any atom is -0.369 e. The summed E-state index contributed by atoms with van der Waals surface area (Å²) in [6.45, 7) is 9.30. The fraction of sp³-hybridized carbons (Fsp3) is 0.591. The van der Waals surface area contributed by atoms with E-state index in [1.54, 1.807) is 12.1 Å². The van der Waals surface area contributed by atoms with Gasteiger partial charge < -0.3 is 20.1 Å². The number of benzene rings is 1. The third-order valence-electron chi connectivity index (χ3n) is 5.65. The zero-order chi connectivity index (χ0) is 21.5. The third kappa shape index (κ3) is 5.70. The van der Waals surface area contributed by atoms with Crippen molar-refractivity contribution in [2.75, 3.05) is 24.5 Å². The molecule has 2 aromatic rings. The van der Waals surface area contributed by atoms with Gasteiger partial charge in [0, 0.05) is 38.4 Å². The quantitative estimate of drug-likeness (QED) is 0.413. The van der Waals surface area contributed by atoms with E-state index < -0.39 is 0 Å². The van der Waals surface area contributed by atoms with Gasteiger partial charge in [-0.2, -0.15) is 0 Å². The van der Waals surface area contributed by atoms with Crippen molar-refractivity contribution < 1.29 is 4.39 Å². The summed E-state index contributed by atoms with van der Waals surface area (Å²) in [5, 5.41) is 15.4. The maximum absolute atomic E-state index is 13.5. The van der Waals surface area contributed by atoms with Crippen LogP contribution in [0.25, 0.3) is 0 Å². The van der Waals surface area contributed by atoms with E-state index in [4.69, 9.17) is 4.99 Å². The molecule has 30 heavy (non-hydrogen) atoms. The highest BCUT2D eigenvalue weighted by atomic mass is 19.1. The van der Waals surface area contributed by atoms with Crippen LogP contribution >= 0.6 is 0 Å². The first-order valence-corrected chi connectivity index (χ1v) is 10.9. The Hall–Kier alpha value is -2.64. The Labute approximate surface area is 178 Å². The molecule has 1 unspecified atom stereocenters. The molecule has 0 spiro atoms. The topological polar surface area (TPSA) is 70.4 Å². The van der Waals surface area contributed by atoms with E-state index in [0.29, 0.717) is 6.54 Å². The molecule has 1 aromatic heterocycles. The van der Waals surface area contributed by atoms with Gasteiger partial charge in [-0.25, -0.2) is 9.38 Å². The molecule has 0 amide bonds. The Kier molecular flexibility index (Phi) is 7.65. The second-order valence-electron chi connectivity index (χ2n) is 8.03. The molecular weight excluding hydrogens is 381 g/mol. The first-order valence-electron chi connectivity index (χ1n) is 10.9. The lowest BCUT2D eigenvalue weighted by Crippen LogP contribution is -2.51. The minimum atomic E-state index is -0.184. The highest BCUT2D eigenvalue weighted by Crippen LogP contribution is 2.24. The molecule has 3 rings (SSSR count). The Bertz CT molecular complexity index is 861. The molecule has 0 saturated carbocycles. The van der Waals surface area contributed by atoms with Gasteiger partial charge in [-0.3, -0.25) is 0 Å². The van der Waals surface area contributed by atoms with Gasteiger partial charge in [0.2, 0.25) is 0 Å². The number of nitrogens with one attached hydrogen (secondary N) is 2. The highest BCUT2D eigenvalue weighted by molar-refractivity contribution is 5.80. The SMILES string of the molecule is CCCCNC(=NCc1nnc(C)n1C)NC1CCCN(c2ccc(F)cc2C)C1. The van der Waals surface area contributed by atoms with Crippen molar-refractivity contribution in [3.63, 3.8) is 0 Å². The Morgan fingerprint density at radius 1 is 1.30 bits per heavy atom. The van der Waals surface area contributed by atoms with Crippen molar-refractivity contribution in [1.82, 2.24) is 25.4 Å². The molecule has 7 nitrogen and oxygen atoms in total. The van der Waals surface area contributed by atoms with Crippen molar-refractivity contribution in [3.8, 4) is 0 Å². The summed E-state index contributed by atoms with van der Waals surface area (Å²) in [5.74, 6) is 2.35. The van der Waals surface area contributed by atoms with E-state index in [0.717, 1.165) is 74.2 Å². The molecule has 1 aromatic carbocycles. The zero-order valence-corrected chi connectivity index (χ0v) is 18.6. The summed E-state index contributed by atoms with van der Waals surface area (Å²) in [6.07, 6.45) is 4.38. The van der Waals surface area contributed by atoms with Gasteiger partial charge in [0.05, 0.1) is 0 Å². The molecular formula is C22H34FN7. The van der Waals surface area contributed by atoms with Gasteiger partial charge >= 0.3 is 0 Å². The largest absolute Gasteiger partial charge is 0.369 e. The van der Waals surface area contributed by atoms with Crippen LogP contribution in [0.2, 0.25) is 0 Å². The van der Waals surface area contributed by atoms with E-state index in [-0.39, 0.29) is 11.9 Å². The number of guanidine groups is 1. The smallest absolute Gasteiger partial charge is 0.191 e. The van der Waals surface area contributed by atoms with E-state index in [9.17, 15) is 4.39 Å². The standard InChI is InChI=1S/C22H34FN7/c1-5-6-11-24-22(25-14-21-28-27-17(3)29(21)4)26-19-8-7-12-30(15-19)20-10-9-18(23)13-16(20)2/h9-10,13,19H,5-8,11-12,14-15H2,1-4H3,(H2,24,25,26). The lowest BCUT2D eigenvalue weighted by atomic mass is 10.0. The average Bonchev–Trinajstić information content (AvgIpc) is 3.04. The number of nitrogens with zero attached hydrogens (tertiary/aromatic N) is 5. The van der Waals surface area contributed by atoms with Crippen molar-refractivity contribution in [2.45, 2.75) is 59.0 Å². The highest BCUT2D eigenvalue weighted by Gasteiger charge is 2.22. The van der Waals surface area contributed by atoms with E-state index in [2.05, 4.69) is 32.7 Å². The zero-order valence-electron chi connectivity index (χ0n) is 18.6. The van der Waals surface area contributed by atoms with Gasteiger partial charge in [0.25, 0.3) is 0 Å². The molecule has 0 bridgehead atoms. The van der Waals surface area contributed by atoms with Crippen LogP contribution in [-0.4, -0.2) is 46.4 Å². The van der Waals surface area contributed by atoms with E-state index in [1.807, 2.05) is 31.5 Å². The Morgan fingerprint density at radius 2 is 2.13 bits per heavy atom. The molecule has 2 heterocycles. The van der Waals surface area contributed by atoms with Crippen molar-refractivity contribution in [1.29, 1.82) is 0 Å². The van der Waals surface area contributed by atoms with Crippen molar-refractivity contribution >= 4 is 11.6 Å². The predicted molar refractivity (Wildman–Crippen MR) is 119 cm³/mol. The number of anilines is 1. The average molecular weight is 416 g/mol. The molecule has 8 heteroatoms. The molecule has 0 aliphatic carbocycles. The second kappa shape index (κ2) is 10.4. The van der Waals surface area contributed by atoms with Crippen molar-refractivity contribution in [2.24, 2.45) is 12.0 Å². The van der Waals surface area contributed by atoms with Crippen LogP contribution in [0.15, 0.2) is 23.2 Å². The summed E-state index contributed by atoms with van der Waals surface area (Å²) >= 11 is 0. The van der Waals surface area contributed by atoms with Crippen LogP contribution in [0.5, 0.6) is 0 Å². The number of aryl methyl sites for hydroxylation is 2. The number of hydrogen-bond acceptors (Lipinski definition) is 4. The summed E-state index contributed by atoms with van der Waals surface area (Å²) in [7, 11) is 1.96. The molecule has 1 aliphatic heterocycles. The van der Waals surface area contributed by atoms with Crippen LogP contribution in [0.1, 0.15) is 49.8 Å². The third-order valence-corrected chi connectivity index (χ3v) is 5.65. The van der Waals surface area contributed by atoms with Gasteiger partial charge in [-0.05, 0) is 56.9 Å². The summed E-state index contributed by atoms with van der Waals surface area (Å²) in [5.41, 5.74) is 2.08. The molecule has 0 radical (unpaired) electrons. The molecule has 1 aliphatic rings. The molecule has 1 atom stereocenters. The van der Waals surface area contributed by atoms with Crippen LogP contribution in [0, 0.1) is 19.7 Å². The first kappa shape index (κ1) is 22.1. The number of rotatable bonds is 7. The number of aromatic nitrogens is 3. The maximum Gasteiger partial charge on any atom is 0.191 e.